The fraction of sp³-hybridized carbons (Fsp3) is 0.421. The van der Waals surface area contributed by atoms with E-state index in [0.717, 1.165) is 19.3 Å². The molecule has 1 heterocycles. The summed E-state index contributed by atoms with van der Waals surface area (Å²) in [6.45, 7) is 5.68. The molecule has 6 nitrogen and oxygen atoms in total. The number of aromatic nitrogens is 2. The van der Waals surface area contributed by atoms with Gasteiger partial charge in [0.05, 0.1) is 29.3 Å². The van der Waals surface area contributed by atoms with Gasteiger partial charge in [-0.25, -0.2) is 9.78 Å². The van der Waals surface area contributed by atoms with Crippen molar-refractivity contribution in [3.63, 3.8) is 0 Å². The Morgan fingerprint density at radius 3 is 2.76 bits per heavy atom. The molecule has 0 saturated carbocycles. The van der Waals surface area contributed by atoms with Gasteiger partial charge in [-0.2, -0.15) is 0 Å². The number of hydrogen-bond acceptors (Lipinski definition) is 5. The van der Waals surface area contributed by atoms with Crippen LogP contribution in [0.3, 0.4) is 0 Å². The molecule has 0 radical (unpaired) electrons. The summed E-state index contributed by atoms with van der Waals surface area (Å²) in [6.07, 6.45) is 5.82. The number of benzene rings is 1. The number of aliphatic hydroxyl groups is 1. The molecule has 1 atom stereocenters. The molecule has 0 spiro atoms. The Bertz CT molecular complexity index is 726. The van der Waals surface area contributed by atoms with Gasteiger partial charge in [0, 0.05) is 11.6 Å². The molecule has 1 aromatic carbocycles. The van der Waals surface area contributed by atoms with Crippen LogP contribution in [0.15, 0.2) is 36.7 Å². The molecule has 0 fully saturated rings. The molecule has 134 valence electrons. The molecule has 0 amide bonds. The third-order valence-corrected chi connectivity index (χ3v) is 3.86. The lowest BCUT2D eigenvalue weighted by molar-refractivity contribution is 0.0676. The van der Waals surface area contributed by atoms with Gasteiger partial charge in [-0.1, -0.05) is 12.1 Å². The number of nitrogens with zero attached hydrogens (tertiary/aromatic N) is 2. The number of anilines is 1. The van der Waals surface area contributed by atoms with Crippen LogP contribution in [0.5, 0.6) is 0 Å². The van der Waals surface area contributed by atoms with E-state index in [1.807, 2.05) is 19.9 Å². The van der Waals surface area contributed by atoms with Gasteiger partial charge in [0.1, 0.15) is 5.82 Å². The van der Waals surface area contributed by atoms with Crippen molar-refractivity contribution in [2.45, 2.75) is 51.7 Å². The van der Waals surface area contributed by atoms with Crippen LogP contribution >= 0.6 is 0 Å². The summed E-state index contributed by atoms with van der Waals surface area (Å²) in [4.78, 5) is 19.8. The molecule has 0 aliphatic heterocycles. The number of carboxylic acids is 1. The summed E-state index contributed by atoms with van der Waals surface area (Å²) in [5.74, 6) is -0.321. The van der Waals surface area contributed by atoms with Gasteiger partial charge in [0.25, 0.3) is 0 Å². The van der Waals surface area contributed by atoms with Crippen LogP contribution in [0.25, 0.3) is 11.3 Å². The summed E-state index contributed by atoms with van der Waals surface area (Å²) in [5, 5.41) is 22.2. The molecule has 0 bridgehead atoms. The maximum absolute atomic E-state index is 11.1. The van der Waals surface area contributed by atoms with Crippen LogP contribution in [0, 0.1) is 0 Å². The molecule has 2 rings (SSSR count). The molecule has 3 N–H and O–H groups in total. The lowest BCUT2D eigenvalue weighted by Crippen LogP contribution is -2.21. The van der Waals surface area contributed by atoms with Gasteiger partial charge in [-0.05, 0) is 52.2 Å². The van der Waals surface area contributed by atoms with Crippen molar-refractivity contribution in [2.75, 3.05) is 5.32 Å². The lowest BCUT2D eigenvalue weighted by atomic mass is 10.00. The molecule has 25 heavy (non-hydrogen) atoms. The van der Waals surface area contributed by atoms with Crippen LogP contribution in [-0.2, 0) is 0 Å². The largest absolute Gasteiger partial charge is 0.478 e. The summed E-state index contributed by atoms with van der Waals surface area (Å²) in [6, 6.07) is 6.83. The quantitative estimate of drug-likeness (QED) is 0.678. The second kappa shape index (κ2) is 8.07. The van der Waals surface area contributed by atoms with E-state index in [-0.39, 0.29) is 11.6 Å². The number of hydrogen-bond donors (Lipinski definition) is 3. The van der Waals surface area contributed by atoms with Crippen molar-refractivity contribution in [3.8, 4) is 11.3 Å². The van der Waals surface area contributed by atoms with Gasteiger partial charge in [-0.3, -0.25) is 4.98 Å². The average molecular weight is 343 g/mol. The third kappa shape index (κ3) is 6.15. The third-order valence-electron chi connectivity index (χ3n) is 3.86. The zero-order chi connectivity index (χ0) is 18.4. The predicted molar refractivity (Wildman–Crippen MR) is 97.7 cm³/mol. The zero-order valence-electron chi connectivity index (χ0n) is 14.9. The van der Waals surface area contributed by atoms with Gasteiger partial charge >= 0.3 is 5.97 Å². The number of carbonyl (C=O) groups is 1. The SMILES string of the molecule is CC(CCCC(C)(C)O)Nc1cncc(-c2cccc(C(=O)O)c2)n1. The number of rotatable bonds is 8. The van der Waals surface area contributed by atoms with E-state index < -0.39 is 11.6 Å². The first-order chi connectivity index (χ1) is 11.7. The van der Waals surface area contributed by atoms with E-state index in [1.54, 1.807) is 30.6 Å². The highest BCUT2D eigenvalue weighted by Gasteiger charge is 2.13. The number of aromatic carboxylic acids is 1. The van der Waals surface area contributed by atoms with Crippen molar-refractivity contribution in [1.82, 2.24) is 9.97 Å². The van der Waals surface area contributed by atoms with Crippen LogP contribution in [0.4, 0.5) is 5.82 Å². The highest BCUT2D eigenvalue weighted by molar-refractivity contribution is 5.89. The van der Waals surface area contributed by atoms with E-state index in [9.17, 15) is 9.90 Å². The summed E-state index contributed by atoms with van der Waals surface area (Å²) in [5.41, 5.74) is 0.911. The lowest BCUT2D eigenvalue weighted by Gasteiger charge is -2.19. The van der Waals surface area contributed by atoms with Crippen molar-refractivity contribution >= 4 is 11.8 Å². The molecule has 0 aliphatic carbocycles. The molecule has 2 aromatic rings. The summed E-state index contributed by atoms with van der Waals surface area (Å²) >= 11 is 0. The Hall–Kier alpha value is -2.47. The minimum Gasteiger partial charge on any atom is -0.478 e. The van der Waals surface area contributed by atoms with Gasteiger partial charge in [0.15, 0.2) is 0 Å². The van der Waals surface area contributed by atoms with E-state index in [0.29, 0.717) is 17.1 Å². The van der Waals surface area contributed by atoms with Gasteiger partial charge in [-0.15, -0.1) is 0 Å². The van der Waals surface area contributed by atoms with E-state index in [4.69, 9.17) is 5.11 Å². The average Bonchev–Trinajstić information content (AvgIpc) is 2.54. The minimum atomic E-state index is -0.968. The first kappa shape index (κ1) is 18.9. The smallest absolute Gasteiger partial charge is 0.335 e. The van der Waals surface area contributed by atoms with Crippen molar-refractivity contribution < 1.29 is 15.0 Å². The van der Waals surface area contributed by atoms with E-state index in [1.165, 1.54) is 0 Å². The fourth-order valence-electron chi connectivity index (χ4n) is 2.55. The molecule has 6 heteroatoms. The number of carboxylic acid groups (broad SMARTS) is 1. The summed E-state index contributed by atoms with van der Waals surface area (Å²) in [7, 11) is 0. The highest BCUT2D eigenvalue weighted by Crippen LogP contribution is 2.20. The van der Waals surface area contributed by atoms with Crippen LogP contribution < -0.4 is 5.32 Å². The monoisotopic (exact) mass is 343 g/mol. The summed E-state index contributed by atoms with van der Waals surface area (Å²) < 4.78 is 0. The molecule has 0 saturated heterocycles. The van der Waals surface area contributed by atoms with Crippen LogP contribution in [-0.4, -0.2) is 37.8 Å². The Kier molecular flexibility index (Phi) is 6.09. The normalized spacial score (nSPS) is 12.6. The first-order valence-electron chi connectivity index (χ1n) is 8.39. The topological polar surface area (TPSA) is 95.3 Å². The van der Waals surface area contributed by atoms with Gasteiger partial charge in [0.2, 0.25) is 0 Å². The molecule has 1 unspecified atom stereocenters. The number of nitrogens with one attached hydrogen (secondary N) is 1. The van der Waals surface area contributed by atoms with Crippen molar-refractivity contribution in [3.05, 3.63) is 42.2 Å². The zero-order valence-corrected chi connectivity index (χ0v) is 14.9. The maximum Gasteiger partial charge on any atom is 0.335 e. The predicted octanol–water partition coefficient (Wildman–Crippen LogP) is 3.58. The Balaban J connectivity index is 2.03. The molecular formula is C19H25N3O3. The second-order valence-electron chi connectivity index (χ2n) is 6.93. The fourth-order valence-corrected chi connectivity index (χ4v) is 2.55. The Labute approximate surface area is 148 Å². The van der Waals surface area contributed by atoms with Crippen LogP contribution in [0.2, 0.25) is 0 Å². The van der Waals surface area contributed by atoms with Crippen molar-refractivity contribution in [2.24, 2.45) is 0 Å². The Morgan fingerprint density at radius 2 is 2.08 bits per heavy atom. The highest BCUT2D eigenvalue weighted by atomic mass is 16.4. The molecule has 1 aromatic heterocycles. The second-order valence-corrected chi connectivity index (χ2v) is 6.93. The first-order valence-corrected chi connectivity index (χ1v) is 8.39. The van der Waals surface area contributed by atoms with E-state index in [2.05, 4.69) is 22.2 Å². The Morgan fingerprint density at radius 1 is 1.32 bits per heavy atom. The molecule has 0 aliphatic rings. The maximum atomic E-state index is 11.1. The minimum absolute atomic E-state index is 0.192. The van der Waals surface area contributed by atoms with E-state index >= 15 is 0 Å². The van der Waals surface area contributed by atoms with Gasteiger partial charge < -0.3 is 15.5 Å². The standard InChI is InChI=1S/C19H25N3O3/c1-13(6-5-9-19(2,3)25)21-17-12-20-11-16(22-17)14-7-4-8-15(10-14)18(23)24/h4,7-8,10-13,25H,5-6,9H2,1-3H3,(H,21,22)(H,23,24). The molecular weight excluding hydrogens is 318 g/mol. The van der Waals surface area contributed by atoms with Crippen LogP contribution in [0.1, 0.15) is 50.4 Å². The van der Waals surface area contributed by atoms with Crippen molar-refractivity contribution in [1.29, 1.82) is 0 Å².